The largest absolute Gasteiger partial charge is 0.391 e. The van der Waals surface area contributed by atoms with Crippen molar-refractivity contribution in [2.24, 2.45) is 0 Å². The summed E-state index contributed by atoms with van der Waals surface area (Å²) in [6.07, 6.45) is -4.60. The maximum atomic E-state index is 10.4. The van der Waals surface area contributed by atoms with E-state index >= 15 is 0 Å². The average Bonchev–Trinajstić information content (AvgIpc) is 2.64. The summed E-state index contributed by atoms with van der Waals surface area (Å²) in [6, 6.07) is -1.11. The molecule has 3 fully saturated rings. The van der Waals surface area contributed by atoms with Gasteiger partial charge in [0.05, 0.1) is 55.1 Å². The number of aliphatic hydroxyl groups is 6. The van der Waals surface area contributed by atoms with E-state index < -0.39 is 36.6 Å². The minimum Gasteiger partial charge on any atom is -0.391 e. The van der Waals surface area contributed by atoms with Crippen LogP contribution in [0.15, 0.2) is 0 Å². The summed E-state index contributed by atoms with van der Waals surface area (Å²) in [5.74, 6) is 0. The molecular weight excluding hydrogens is 368 g/mol. The van der Waals surface area contributed by atoms with E-state index in [4.69, 9.17) is 0 Å². The summed E-state index contributed by atoms with van der Waals surface area (Å²) in [5.41, 5.74) is 0. The number of aliphatic hydroxyl groups excluding tert-OH is 6. The highest BCUT2D eigenvalue weighted by Crippen LogP contribution is 2.33. The lowest BCUT2D eigenvalue weighted by Crippen LogP contribution is -2.80. The molecule has 10 heteroatoms. The smallest absolute Gasteiger partial charge is 0.0950 e. The second-order valence-electron chi connectivity index (χ2n) is 8.71. The Kier molecular flexibility index (Phi) is 6.98. The van der Waals surface area contributed by atoms with Gasteiger partial charge in [-0.25, -0.2) is 0 Å². The average molecular weight is 405 g/mol. The van der Waals surface area contributed by atoms with Crippen molar-refractivity contribution in [1.82, 2.24) is 20.9 Å². The molecule has 0 bridgehead atoms. The third-order valence-electron chi connectivity index (χ3n) is 6.45. The van der Waals surface area contributed by atoms with Crippen LogP contribution < -0.4 is 16.0 Å². The van der Waals surface area contributed by atoms with Crippen LogP contribution in [0.5, 0.6) is 0 Å². The highest BCUT2D eigenvalue weighted by atomic mass is 16.3. The van der Waals surface area contributed by atoms with E-state index in [1.165, 1.54) is 20.8 Å². The molecule has 12 atom stereocenters. The van der Waals surface area contributed by atoms with Gasteiger partial charge in [0, 0.05) is 18.1 Å². The van der Waals surface area contributed by atoms with E-state index in [1.807, 2.05) is 0 Å². The molecule has 0 amide bonds. The monoisotopic (exact) mass is 404 g/mol. The molecule has 3 heterocycles. The van der Waals surface area contributed by atoms with Crippen LogP contribution in [0.3, 0.4) is 0 Å². The summed E-state index contributed by atoms with van der Waals surface area (Å²) in [4.78, 5) is 2.18. The van der Waals surface area contributed by atoms with Gasteiger partial charge in [-0.2, -0.15) is 0 Å². The van der Waals surface area contributed by atoms with Crippen LogP contribution in [0.4, 0.5) is 0 Å². The van der Waals surface area contributed by atoms with Gasteiger partial charge in [0.15, 0.2) is 0 Å². The van der Waals surface area contributed by atoms with E-state index in [0.717, 1.165) is 0 Å². The molecule has 10 nitrogen and oxygen atoms in total. The van der Waals surface area contributed by atoms with Crippen LogP contribution in [0.25, 0.3) is 0 Å². The van der Waals surface area contributed by atoms with E-state index in [-0.39, 0.29) is 36.6 Å². The highest BCUT2D eigenvalue weighted by Gasteiger charge is 2.51. The SMILES string of the molecule is C[C@H](O)[C@@H](O)[C@@H]1C[C@@H]2N[C@H]([C@@H](O)[C@H](C)O)C[C@H]3N[C@@H]([C@H](O)[C@H](C)O)C[C@@H](N1)N23. The standard InChI is InChI=1S/C18H36N4O6/c1-7(23)16(26)10-4-13-20-12(18(28)9(3)25)6-15-21-11(17(27)8(2)24)5-14(19-10)22(13)15/h7-21,23-28H,4-6H2,1-3H3/t7-,8-,9-,10-,11-,12+,13-,14+,15-,16-,17+,18+/m0/s1. The second kappa shape index (κ2) is 8.76. The molecule has 0 spiro atoms. The molecule has 3 aliphatic heterocycles. The van der Waals surface area contributed by atoms with Gasteiger partial charge in [0.2, 0.25) is 0 Å². The van der Waals surface area contributed by atoms with Gasteiger partial charge in [0.25, 0.3) is 0 Å². The van der Waals surface area contributed by atoms with Crippen LogP contribution in [-0.2, 0) is 0 Å². The highest BCUT2D eigenvalue weighted by molar-refractivity contribution is 5.05. The van der Waals surface area contributed by atoms with Crippen LogP contribution in [0.2, 0.25) is 0 Å². The zero-order valence-electron chi connectivity index (χ0n) is 16.7. The van der Waals surface area contributed by atoms with Gasteiger partial charge in [-0.3, -0.25) is 20.9 Å². The molecule has 0 radical (unpaired) electrons. The predicted molar refractivity (Wildman–Crippen MR) is 101 cm³/mol. The van der Waals surface area contributed by atoms with E-state index in [0.29, 0.717) is 19.3 Å². The zero-order valence-corrected chi connectivity index (χ0v) is 16.7. The van der Waals surface area contributed by atoms with Gasteiger partial charge in [-0.1, -0.05) is 0 Å². The summed E-state index contributed by atoms with van der Waals surface area (Å²) in [5, 5.41) is 70.9. The third kappa shape index (κ3) is 4.36. The van der Waals surface area contributed by atoms with Crippen molar-refractivity contribution in [3.63, 3.8) is 0 Å². The van der Waals surface area contributed by atoms with Crippen molar-refractivity contribution in [2.45, 2.75) is 113 Å². The number of hydrogen-bond acceptors (Lipinski definition) is 10. The molecule has 0 aromatic heterocycles. The molecule has 28 heavy (non-hydrogen) atoms. The number of hydrogen-bond donors (Lipinski definition) is 9. The van der Waals surface area contributed by atoms with Crippen molar-refractivity contribution >= 4 is 0 Å². The van der Waals surface area contributed by atoms with Gasteiger partial charge in [-0.05, 0) is 40.0 Å². The predicted octanol–water partition coefficient (Wildman–Crippen LogP) is -3.42. The number of rotatable bonds is 6. The fourth-order valence-corrected chi connectivity index (χ4v) is 4.87. The second-order valence-corrected chi connectivity index (χ2v) is 8.71. The normalized spacial score (nSPS) is 42.8. The Morgan fingerprint density at radius 2 is 0.821 bits per heavy atom. The fourth-order valence-electron chi connectivity index (χ4n) is 4.87. The van der Waals surface area contributed by atoms with Crippen LogP contribution in [0, 0.1) is 0 Å². The lowest BCUT2D eigenvalue weighted by molar-refractivity contribution is -0.141. The Labute approximate surface area is 165 Å². The first kappa shape index (κ1) is 22.3. The number of nitrogens with one attached hydrogen (secondary N) is 3. The first-order valence-electron chi connectivity index (χ1n) is 10.2. The molecule has 3 rings (SSSR count). The van der Waals surface area contributed by atoms with E-state index in [9.17, 15) is 30.6 Å². The summed E-state index contributed by atoms with van der Waals surface area (Å²) >= 11 is 0. The minimum atomic E-state index is -0.959. The van der Waals surface area contributed by atoms with Crippen LogP contribution in [-0.4, -0.2) is 109 Å². The van der Waals surface area contributed by atoms with Gasteiger partial charge < -0.3 is 30.6 Å². The van der Waals surface area contributed by atoms with Crippen LogP contribution >= 0.6 is 0 Å². The minimum absolute atomic E-state index is 0.182. The van der Waals surface area contributed by atoms with Gasteiger partial charge in [-0.15, -0.1) is 0 Å². The zero-order chi connectivity index (χ0) is 20.7. The lowest BCUT2D eigenvalue weighted by Gasteiger charge is -2.59. The Bertz CT molecular complexity index is 435. The van der Waals surface area contributed by atoms with Gasteiger partial charge in [0.1, 0.15) is 0 Å². The summed E-state index contributed by atoms with van der Waals surface area (Å²) in [7, 11) is 0. The Balaban J connectivity index is 1.84. The molecule has 164 valence electrons. The summed E-state index contributed by atoms with van der Waals surface area (Å²) < 4.78 is 0. The molecule has 9 N–H and O–H groups in total. The maximum absolute atomic E-state index is 10.4. The molecule has 0 saturated carbocycles. The third-order valence-corrected chi connectivity index (χ3v) is 6.45. The first-order valence-corrected chi connectivity index (χ1v) is 10.2. The van der Waals surface area contributed by atoms with Crippen molar-refractivity contribution in [3.8, 4) is 0 Å². The first-order chi connectivity index (χ1) is 13.1. The van der Waals surface area contributed by atoms with E-state index in [1.54, 1.807) is 0 Å². The van der Waals surface area contributed by atoms with Gasteiger partial charge >= 0.3 is 0 Å². The van der Waals surface area contributed by atoms with Crippen molar-refractivity contribution in [2.75, 3.05) is 0 Å². The maximum Gasteiger partial charge on any atom is 0.0950 e. The Hall–Kier alpha value is -0.400. The van der Waals surface area contributed by atoms with Crippen molar-refractivity contribution in [1.29, 1.82) is 0 Å². The topological polar surface area (TPSA) is 161 Å². The quantitative estimate of drug-likeness (QED) is 0.218. The van der Waals surface area contributed by atoms with Crippen molar-refractivity contribution < 1.29 is 30.6 Å². The molecule has 0 aromatic carbocycles. The molecule has 0 aliphatic carbocycles. The van der Waals surface area contributed by atoms with E-state index in [2.05, 4.69) is 20.9 Å². The molecule has 0 aromatic rings. The molecule has 3 saturated heterocycles. The lowest BCUT2D eigenvalue weighted by atomic mass is 9.86. The van der Waals surface area contributed by atoms with Crippen LogP contribution in [0.1, 0.15) is 40.0 Å². The molecule has 0 unspecified atom stereocenters. The Morgan fingerprint density at radius 1 is 0.571 bits per heavy atom. The Morgan fingerprint density at radius 3 is 1.04 bits per heavy atom. The fraction of sp³-hybridized carbons (Fsp3) is 1.00. The molecular formula is C18H36N4O6. The van der Waals surface area contributed by atoms with Crippen molar-refractivity contribution in [3.05, 3.63) is 0 Å². The summed E-state index contributed by atoms with van der Waals surface area (Å²) in [6.45, 7) is 4.62. The molecule has 3 aliphatic rings. The number of nitrogens with zero attached hydrogens (tertiary/aromatic N) is 1.